The van der Waals surface area contributed by atoms with Crippen LogP contribution >= 0.6 is 0 Å². The Morgan fingerprint density at radius 2 is 1.86 bits per heavy atom. The number of nitrogens with one attached hydrogen (secondary N) is 1. The maximum Gasteiger partial charge on any atom is 0.222 e. The molecule has 2 aliphatic rings. The summed E-state index contributed by atoms with van der Waals surface area (Å²) in [7, 11) is -2.81. The lowest BCUT2D eigenvalue weighted by atomic mass is 9.94. The van der Waals surface area contributed by atoms with E-state index in [-0.39, 0.29) is 23.3 Å². The fraction of sp³-hybridized carbons (Fsp3) is 0.933. The number of amides is 1. The molecule has 6 heteroatoms. The molecule has 122 valence electrons. The lowest BCUT2D eigenvalue weighted by molar-refractivity contribution is -0.125. The Morgan fingerprint density at radius 1 is 1.24 bits per heavy atom. The zero-order chi connectivity index (χ0) is 15.3. The quantitative estimate of drug-likeness (QED) is 0.795. The van der Waals surface area contributed by atoms with Crippen LogP contribution < -0.4 is 5.32 Å². The molecule has 0 aromatic carbocycles. The third kappa shape index (κ3) is 5.58. The van der Waals surface area contributed by atoms with Crippen LogP contribution in [-0.2, 0) is 14.6 Å². The maximum absolute atomic E-state index is 12.1. The fourth-order valence-electron chi connectivity index (χ4n) is 3.34. The normalized spacial score (nSPS) is 24.8. The zero-order valence-electron chi connectivity index (χ0n) is 13.0. The van der Waals surface area contributed by atoms with Crippen molar-refractivity contribution in [1.29, 1.82) is 0 Å². The number of carbonyl (C=O) groups is 1. The molecule has 1 atom stereocenters. The molecule has 0 aromatic rings. The standard InChI is InChI=1S/C15H28N2O3S/c1-13(12-14-4-2-3-5-14)15(18)16-6-7-17-8-10-21(19,20)11-9-17/h13-14H,2-12H2,1H3,(H,16,18)/t13-/m0/s1. The van der Waals surface area contributed by atoms with E-state index in [1.807, 2.05) is 6.92 Å². The summed E-state index contributed by atoms with van der Waals surface area (Å²) in [6.45, 7) is 4.57. The summed E-state index contributed by atoms with van der Waals surface area (Å²) in [5.41, 5.74) is 0. The molecule has 1 aliphatic carbocycles. The van der Waals surface area contributed by atoms with Crippen molar-refractivity contribution in [1.82, 2.24) is 10.2 Å². The average molecular weight is 316 g/mol. The summed E-state index contributed by atoms with van der Waals surface area (Å²) in [6, 6.07) is 0. The molecule has 0 aromatic heterocycles. The van der Waals surface area contributed by atoms with E-state index in [9.17, 15) is 13.2 Å². The van der Waals surface area contributed by atoms with Crippen molar-refractivity contribution in [3.63, 3.8) is 0 Å². The molecule has 0 bridgehead atoms. The summed E-state index contributed by atoms with van der Waals surface area (Å²) in [5.74, 6) is 1.47. The molecular weight excluding hydrogens is 288 g/mol. The van der Waals surface area contributed by atoms with E-state index in [0.717, 1.165) is 18.9 Å². The maximum atomic E-state index is 12.1. The molecule has 0 unspecified atom stereocenters. The lowest BCUT2D eigenvalue weighted by Gasteiger charge is -2.26. The van der Waals surface area contributed by atoms with Crippen molar-refractivity contribution in [3.05, 3.63) is 0 Å². The third-order valence-corrected chi connectivity index (χ3v) is 6.38. The van der Waals surface area contributed by atoms with E-state index in [1.54, 1.807) is 0 Å². The summed E-state index contributed by atoms with van der Waals surface area (Å²) in [5, 5.41) is 2.99. The molecule has 21 heavy (non-hydrogen) atoms. The SMILES string of the molecule is C[C@@H](CC1CCCC1)C(=O)NCCN1CCS(=O)(=O)CC1. The minimum atomic E-state index is -2.81. The first-order valence-electron chi connectivity index (χ1n) is 8.17. The van der Waals surface area contributed by atoms with Gasteiger partial charge in [-0.3, -0.25) is 9.69 Å². The van der Waals surface area contributed by atoms with Gasteiger partial charge >= 0.3 is 0 Å². The van der Waals surface area contributed by atoms with Gasteiger partial charge in [-0.15, -0.1) is 0 Å². The summed E-state index contributed by atoms with van der Waals surface area (Å²) >= 11 is 0. The van der Waals surface area contributed by atoms with Crippen LogP contribution in [0.25, 0.3) is 0 Å². The Morgan fingerprint density at radius 3 is 2.48 bits per heavy atom. The predicted octanol–water partition coefficient (Wildman–Crippen LogP) is 1.05. The molecule has 2 fully saturated rings. The smallest absolute Gasteiger partial charge is 0.222 e. The van der Waals surface area contributed by atoms with E-state index in [4.69, 9.17) is 0 Å². The number of hydrogen-bond acceptors (Lipinski definition) is 4. The highest BCUT2D eigenvalue weighted by molar-refractivity contribution is 7.91. The van der Waals surface area contributed by atoms with Gasteiger partial charge < -0.3 is 5.32 Å². The molecular formula is C15H28N2O3S. The van der Waals surface area contributed by atoms with Crippen LogP contribution in [0.2, 0.25) is 0 Å². The van der Waals surface area contributed by atoms with Crippen LogP contribution in [0.4, 0.5) is 0 Å². The zero-order valence-corrected chi connectivity index (χ0v) is 13.8. The highest BCUT2D eigenvalue weighted by atomic mass is 32.2. The molecule has 1 amide bonds. The first kappa shape index (κ1) is 16.7. The lowest BCUT2D eigenvalue weighted by Crippen LogP contribution is -2.44. The molecule has 0 radical (unpaired) electrons. The van der Waals surface area contributed by atoms with Gasteiger partial charge in [0.2, 0.25) is 5.91 Å². The number of nitrogens with zero attached hydrogens (tertiary/aromatic N) is 1. The van der Waals surface area contributed by atoms with E-state index in [1.165, 1.54) is 25.7 Å². The molecule has 1 saturated heterocycles. The highest BCUT2D eigenvalue weighted by Crippen LogP contribution is 2.30. The Labute approximate surface area is 128 Å². The number of hydrogen-bond donors (Lipinski definition) is 1. The Kier molecular flexibility index (Phi) is 6.05. The number of sulfone groups is 1. The van der Waals surface area contributed by atoms with Crippen LogP contribution in [0.3, 0.4) is 0 Å². The van der Waals surface area contributed by atoms with Crippen LogP contribution in [0, 0.1) is 11.8 Å². The Balaban J connectivity index is 1.60. The third-order valence-electron chi connectivity index (χ3n) is 4.77. The van der Waals surface area contributed by atoms with Crippen molar-refractivity contribution >= 4 is 15.7 Å². The van der Waals surface area contributed by atoms with Gasteiger partial charge in [0.1, 0.15) is 0 Å². The van der Waals surface area contributed by atoms with E-state index >= 15 is 0 Å². The van der Waals surface area contributed by atoms with Gasteiger partial charge in [0, 0.05) is 32.1 Å². The fourth-order valence-corrected chi connectivity index (χ4v) is 4.62. The highest BCUT2D eigenvalue weighted by Gasteiger charge is 2.23. The molecule has 5 nitrogen and oxygen atoms in total. The first-order chi connectivity index (χ1) is 9.96. The van der Waals surface area contributed by atoms with Crippen molar-refractivity contribution in [3.8, 4) is 0 Å². The minimum absolute atomic E-state index is 0.0924. The van der Waals surface area contributed by atoms with Gasteiger partial charge in [-0.05, 0) is 12.3 Å². The molecule has 1 aliphatic heterocycles. The minimum Gasteiger partial charge on any atom is -0.355 e. The summed E-state index contributed by atoms with van der Waals surface area (Å²) in [4.78, 5) is 14.2. The largest absolute Gasteiger partial charge is 0.355 e. The van der Waals surface area contributed by atoms with Gasteiger partial charge in [0.15, 0.2) is 9.84 Å². The van der Waals surface area contributed by atoms with Gasteiger partial charge in [-0.2, -0.15) is 0 Å². The molecule has 1 N–H and O–H groups in total. The van der Waals surface area contributed by atoms with Crippen LogP contribution in [0.15, 0.2) is 0 Å². The molecule has 1 saturated carbocycles. The van der Waals surface area contributed by atoms with Gasteiger partial charge in [0.05, 0.1) is 11.5 Å². The average Bonchev–Trinajstić information content (AvgIpc) is 2.93. The topological polar surface area (TPSA) is 66.5 Å². The molecule has 1 heterocycles. The van der Waals surface area contributed by atoms with E-state index in [2.05, 4.69) is 10.2 Å². The second-order valence-corrected chi connectivity index (χ2v) is 8.88. The predicted molar refractivity (Wildman–Crippen MR) is 83.8 cm³/mol. The van der Waals surface area contributed by atoms with Crippen molar-refractivity contribution < 1.29 is 13.2 Å². The van der Waals surface area contributed by atoms with Crippen LogP contribution in [-0.4, -0.2) is 56.9 Å². The van der Waals surface area contributed by atoms with Gasteiger partial charge in [0.25, 0.3) is 0 Å². The second kappa shape index (κ2) is 7.58. The van der Waals surface area contributed by atoms with Crippen molar-refractivity contribution in [2.75, 3.05) is 37.7 Å². The van der Waals surface area contributed by atoms with Crippen LogP contribution in [0.1, 0.15) is 39.0 Å². The second-order valence-electron chi connectivity index (χ2n) is 6.57. The summed E-state index contributed by atoms with van der Waals surface area (Å²) < 4.78 is 22.7. The molecule has 0 spiro atoms. The van der Waals surface area contributed by atoms with Gasteiger partial charge in [-0.1, -0.05) is 32.6 Å². The Bertz CT molecular complexity index is 430. The summed E-state index contributed by atoms with van der Waals surface area (Å²) in [6.07, 6.45) is 6.20. The Hall–Kier alpha value is -0.620. The van der Waals surface area contributed by atoms with E-state index in [0.29, 0.717) is 19.6 Å². The van der Waals surface area contributed by atoms with Crippen molar-refractivity contribution in [2.45, 2.75) is 39.0 Å². The molecule has 2 rings (SSSR count). The van der Waals surface area contributed by atoms with Gasteiger partial charge in [-0.25, -0.2) is 8.42 Å². The number of carbonyl (C=O) groups excluding carboxylic acids is 1. The van der Waals surface area contributed by atoms with Crippen LogP contribution in [0.5, 0.6) is 0 Å². The van der Waals surface area contributed by atoms with E-state index < -0.39 is 9.84 Å². The monoisotopic (exact) mass is 316 g/mol. The number of rotatable bonds is 6. The first-order valence-corrected chi connectivity index (χ1v) is 9.99. The van der Waals surface area contributed by atoms with Crippen molar-refractivity contribution in [2.24, 2.45) is 11.8 Å².